The van der Waals surface area contributed by atoms with Crippen molar-refractivity contribution in [2.24, 2.45) is 0 Å². The van der Waals surface area contributed by atoms with E-state index in [1.165, 1.54) is 19.3 Å². The molecule has 2 aromatic rings. The van der Waals surface area contributed by atoms with Crippen LogP contribution in [0.1, 0.15) is 35.2 Å². The molecule has 1 aliphatic heterocycles. The first kappa shape index (κ1) is 11.6. The van der Waals surface area contributed by atoms with Crippen molar-refractivity contribution in [2.45, 2.75) is 19.3 Å². The van der Waals surface area contributed by atoms with Gasteiger partial charge in [-0.1, -0.05) is 0 Å². The summed E-state index contributed by atoms with van der Waals surface area (Å²) in [6.07, 6.45) is 5.44. The number of nitrogens with zero attached hydrogens (tertiary/aromatic N) is 3. The fourth-order valence-corrected chi connectivity index (χ4v) is 3.03. The van der Waals surface area contributed by atoms with Gasteiger partial charge in [0.25, 0.3) is 0 Å². The standard InChI is InChI=1S/C16H15N3O/c20-16-11-5-4-8-17-14(11)15-12(16)6-7-13(18-15)19-9-2-1-3-10-19/h4-8H,1-3,9-10H2. The van der Waals surface area contributed by atoms with Gasteiger partial charge in [0.15, 0.2) is 5.78 Å². The van der Waals surface area contributed by atoms with Gasteiger partial charge in [0.2, 0.25) is 0 Å². The van der Waals surface area contributed by atoms with Crippen molar-refractivity contribution in [2.75, 3.05) is 18.0 Å². The van der Waals surface area contributed by atoms with Crippen LogP contribution in [0.3, 0.4) is 0 Å². The quantitative estimate of drug-likeness (QED) is 0.678. The van der Waals surface area contributed by atoms with Crippen LogP contribution in [0.25, 0.3) is 11.4 Å². The molecule has 0 aromatic carbocycles. The van der Waals surface area contributed by atoms with E-state index in [9.17, 15) is 4.79 Å². The van der Waals surface area contributed by atoms with Crippen molar-refractivity contribution in [3.8, 4) is 11.4 Å². The van der Waals surface area contributed by atoms with Gasteiger partial charge in [-0.15, -0.1) is 0 Å². The van der Waals surface area contributed by atoms with Gasteiger partial charge in [0.05, 0.1) is 11.1 Å². The summed E-state index contributed by atoms with van der Waals surface area (Å²) in [7, 11) is 0. The Labute approximate surface area is 117 Å². The van der Waals surface area contributed by atoms with Gasteiger partial charge in [0, 0.05) is 19.3 Å². The first-order valence-electron chi connectivity index (χ1n) is 7.11. The minimum absolute atomic E-state index is 0.0424. The van der Waals surface area contributed by atoms with Crippen LogP contribution in [0.5, 0.6) is 0 Å². The van der Waals surface area contributed by atoms with E-state index < -0.39 is 0 Å². The van der Waals surface area contributed by atoms with Crippen molar-refractivity contribution in [3.05, 3.63) is 41.6 Å². The van der Waals surface area contributed by atoms with E-state index in [0.29, 0.717) is 11.1 Å². The predicted molar refractivity (Wildman–Crippen MR) is 77.0 cm³/mol. The Morgan fingerprint density at radius 2 is 1.75 bits per heavy atom. The summed E-state index contributed by atoms with van der Waals surface area (Å²) in [6.45, 7) is 2.10. The van der Waals surface area contributed by atoms with E-state index in [0.717, 1.165) is 30.3 Å². The maximum atomic E-state index is 12.3. The summed E-state index contributed by atoms with van der Waals surface area (Å²) < 4.78 is 0. The Morgan fingerprint density at radius 3 is 2.60 bits per heavy atom. The maximum Gasteiger partial charge on any atom is 0.197 e. The molecule has 2 aromatic heterocycles. The highest BCUT2D eigenvalue weighted by Crippen LogP contribution is 2.34. The Bertz CT molecular complexity index is 690. The van der Waals surface area contributed by atoms with Gasteiger partial charge in [-0.05, 0) is 43.5 Å². The second-order valence-corrected chi connectivity index (χ2v) is 5.34. The van der Waals surface area contributed by atoms with E-state index in [1.54, 1.807) is 12.3 Å². The molecule has 4 rings (SSSR count). The summed E-state index contributed by atoms with van der Waals surface area (Å²) in [4.78, 5) is 23.6. The summed E-state index contributed by atoms with van der Waals surface area (Å²) in [5.74, 6) is 1.01. The third-order valence-corrected chi connectivity index (χ3v) is 4.08. The van der Waals surface area contributed by atoms with Crippen molar-refractivity contribution in [1.29, 1.82) is 0 Å². The zero-order valence-electron chi connectivity index (χ0n) is 11.2. The smallest absolute Gasteiger partial charge is 0.197 e. The second-order valence-electron chi connectivity index (χ2n) is 5.34. The van der Waals surface area contributed by atoms with Crippen LogP contribution in [0.15, 0.2) is 30.5 Å². The van der Waals surface area contributed by atoms with Crippen LogP contribution in [-0.4, -0.2) is 28.8 Å². The van der Waals surface area contributed by atoms with E-state index in [4.69, 9.17) is 4.98 Å². The molecule has 0 N–H and O–H groups in total. The Kier molecular flexibility index (Phi) is 2.55. The molecule has 0 radical (unpaired) electrons. The first-order chi connectivity index (χ1) is 9.84. The molecule has 0 unspecified atom stereocenters. The summed E-state index contributed by atoms with van der Waals surface area (Å²) in [5.41, 5.74) is 2.82. The minimum atomic E-state index is 0.0424. The number of aromatic nitrogens is 2. The number of carbonyl (C=O) groups excluding carboxylic acids is 1. The lowest BCUT2D eigenvalue weighted by Gasteiger charge is -2.27. The SMILES string of the molecule is O=C1c2cccnc2-c2nc(N3CCCCC3)ccc21. The second kappa shape index (κ2) is 4.40. The molecule has 1 aliphatic carbocycles. The number of pyridine rings is 2. The molecule has 4 heteroatoms. The van der Waals surface area contributed by atoms with Crippen molar-refractivity contribution < 1.29 is 4.79 Å². The normalized spacial score (nSPS) is 17.0. The highest BCUT2D eigenvalue weighted by molar-refractivity contribution is 6.20. The molecule has 0 spiro atoms. The zero-order chi connectivity index (χ0) is 13.5. The highest BCUT2D eigenvalue weighted by Gasteiger charge is 2.29. The summed E-state index contributed by atoms with van der Waals surface area (Å²) in [5, 5.41) is 0. The van der Waals surface area contributed by atoms with Crippen LogP contribution in [0.2, 0.25) is 0 Å². The largest absolute Gasteiger partial charge is 0.357 e. The number of carbonyl (C=O) groups is 1. The average Bonchev–Trinajstić information content (AvgIpc) is 2.81. The Balaban J connectivity index is 1.81. The molecule has 0 saturated carbocycles. The minimum Gasteiger partial charge on any atom is -0.357 e. The van der Waals surface area contributed by atoms with E-state index in [1.807, 2.05) is 18.2 Å². The molecule has 0 amide bonds. The molecule has 3 heterocycles. The van der Waals surface area contributed by atoms with Gasteiger partial charge in [0.1, 0.15) is 17.2 Å². The van der Waals surface area contributed by atoms with Crippen molar-refractivity contribution >= 4 is 11.6 Å². The van der Waals surface area contributed by atoms with E-state index in [-0.39, 0.29) is 5.78 Å². The third kappa shape index (κ3) is 1.64. The van der Waals surface area contributed by atoms with E-state index in [2.05, 4.69) is 9.88 Å². The molecular weight excluding hydrogens is 250 g/mol. The maximum absolute atomic E-state index is 12.3. The average molecular weight is 265 g/mol. The molecule has 100 valence electrons. The summed E-state index contributed by atoms with van der Waals surface area (Å²) in [6, 6.07) is 7.49. The predicted octanol–water partition coefficient (Wildman–Crippen LogP) is 2.68. The topological polar surface area (TPSA) is 46.1 Å². The lowest BCUT2D eigenvalue weighted by atomic mass is 10.1. The van der Waals surface area contributed by atoms with Gasteiger partial charge in [-0.2, -0.15) is 0 Å². The van der Waals surface area contributed by atoms with Crippen molar-refractivity contribution in [1.82, 2.24) is 9.97 Å². The van der Waals surface area contributed by atoms with Crippen molar-refractivity contribution in [3.63, 3.8) is 0 Å². The zero-order valence-corrected chi connectivity index (χ0v) is 11.2. The molecule has 20 heavy (non-hydrogen) atoms. The lowest BCUT2D eigenvalue weighted by molar-refractivity contribution is 0.104. The Hall–Kier alpha value is -2.23. The first-order valence-corrected chi connectivity index (χ1v) is 7.11. The number of anilines is 1. The lowest BCUT2D eigenvalue weighted by Crippen LogP contribution is -2.30. The highest BCUT2D eigenvalue weighted by atomic mass is 16.1. The molecule has 1 saturated heterocycles. The third-order valence-electron chi connectivity index (χ3n) is 4.08. The number of piperidine rings is 1. The fraction of sp³-hybridized carbons (Fsp3) is 0.312. The summed E-state index contributed by atoms with van der Waals surface area (Å²) >= 11 is 0. The van der Waals surface area contributed by atoms with Crippen LogP contribution >= 0.6 is 0 Å². The van der Waals surface area contributed by atoms with Crippen LogP contribution < -0.4 is 4.90 Å². The van der Waals surface area contributed by atoms with Gasteiger partial charge in [-0.3, -0.25) is 9.78 Å². The van der Waals surface area contributed by atoms with Gasteiger partial charge < -0.3 is 4.90 Å². The molecule has 1 fully saturated rings. The molecule has 0 bridgehead atoms. The van der Waals surface area contributed by atoms with E-state index >= 15 is 0 Å². The number of hydrogen-bond acceptors (Lipinski definition) is 4. The Morgan fingerprint density at radius 1 is 0.950 bits per heavy atom. The molecule has 4 nitrogen and oxygen atoms in total. The number of fused-ring (bicyclic) bond motifs is 3. The van der Waals surface area contributed by atoms with Gasteiger partial charge in [-0.25, -0.2) is 4.98 Å². The fourth-order valence-electron chi connectivity index (χ4n) is 3.03. The molecule has 0 atom stereocenters. The molecule has 2 aliphatic rings. The van der Waals surface area contributed by atoms with Crippen LogP contribution in [-0.2, 0) is 0 Å². The van der Waals surface area contributed by atoms with Gasteiger partial charge >= 0.3 is 0 Å². The molecular formula is C16H15N3O. The van der Waals surface area contributed by atoms with Crippen LogP contribution in [0, 0.1) is 0 Å². The number of hydrogen-bond donors (Lipinski definition) is 0. The van der Waals surface area contributed by atoms with Crippen LogP contribution in [0.4, 0.5) is 5.82 Å². The number of rotatable bonds is 1. The monoisotopic (exact) mass is 265 g/mol. The number of ketones is 1.